The number of ether oxygens (including phenoxy) is 2. The second-order valence-corrected chi connectivity index (χ2v) is 7.72. The Balaban J connectivity index is 1.44. The second-order valence-electron chi connectivity index (χ2n) is 7.72. The number of carbonyl (C=O) groups is 1. The van der Waals surface area contributed by atoms with Crippen LogP contribution in [0.3, 0.4) is 0 Å². The molecule has 2 fully saturated rings. The monoisotopic (exact) mass is 380 g/mol. The lowest BCUT2D eigenvalue weighted by Gasteiger charge is -2.39. The molecule has 1 unspecified atom stereocenters. The van der Waals surface area contributed by atoms with Gasteiger partial charge in [0.05, 0.1) is 14.2 Å². The van der Waals surface area contributed by atoms with Crippen LogP contribution in [0, 0.1) is 0 Å². The number of piperidine rings is 1. The Bertz CT molecular complexity index is 788. The van der Waals surface area contributed by atoms with Gasteiger partial charge in [-0.2, -0.15) is 0 Å². The van der Waals surface area contributed by atoms with Gasteiger partial charge in [-0.25, -0.2) is 0 Å². The van der Waals surface area contributed by atoms with E-state index in [1.54, 1.807) is 26.4 Å². The van der Waals surface area contributed by atoms with Gasteiger partial charge in [0.15, 0.2) is 0 Å². The summed E-state index contributed by atoms with van der Waals surface area (Å²) in [6, 6.07) is 17.3. The number of nitrogens with zero attached hydrogens (tertiary/aromatic N) is 1. The molecular weight excluding hydrogens is 352 g/mol. The van der Waals surface area contributed by atoms with Crippen molar-refractivity contribution in [3.63, 3.8) is 0 Å². The van der Waals surface area contributed by atoms with Crippen molar-refractivity contribution in [1.29, 1.82) is 0 Å². The summed E-state index contributed by atoms with van der Waals surface area (Å²) in [6.45, 7) is 0.997. The fourth-order valence-electron chi connectivity index (χ4n) is 4.78. The Morgan fingerprint density at radius 2 is 1.57 bits per heavy atom. The molecule has 0 aromatic heterocycles. The Labute approximate surface area is 166 Å². The summed E-state index contributed by atoms with van der Waals surface area (Å²) in [5.41, 5.74) is 1.84. The highest BCUT2D eigenvalue weighted by Crippen LogP contribution is 2.37. The van der Waals surface area contributed by atoms with Gasteiger partial charge in [0.2, 0.25) is 0 Å². The number of hydrogen-bond donors (Lipinski definition) is 1. The SMILES string of the molecule is COc1cccc(OC)c1C(=O)NC1C[C@H]2CC[C@@H](C1)N2Cc1ccccc1. The van der Waals surface area contributed by atoms with Crippen molar-refractivity contribution in [3.8, 4) is 11.5 Å². The van der Waals surface area contributed by atoms with Crippen molar-refractivity contribution >= 4 is 5.91 Å². The summed E-state index contributed by atoms with van der Waals surface area (Å²) >= 11 is 0. The van der Waals surface area contributed by atoms with Crippen molar-refractivity contribution in [2.45, 2.75) is 50.4 Å². The topological polar surface area (TPSA) is 50.8 Å². The van der Waals surface area contributed by atoms with Crippen LogP contribution < -0.4 is 14.8 Å². The number of nitrogens with one attached hydrogen (secondary N) is 1. The van der Waals surface area contributed by atoms with Crippen LogP contribution in [0.1, 0.15) is 41.6 Å². The molecule has 5 heteroatoms. The quantitative estimate of drug-likeness (QED) is 0.831. The molecule has 0 saturated carbocycles. The van der Waals surface area contributed by atoms with E-state index in [9.17, 15) is 4.79 Å². The first-order chi connectivity index (χ1) is 13.7. The highest BCUT2D eigenvalue weighted by Gasteiger charge is 2.41. The third kappa shape index (κ3) is 3.72. The van der Waals surface area contributed by atoms with E-state index in [0.29, 0.717) is 29.1 Å². The average molecular weight is 380 g/mol. The number of benzene rings is 2. The summed E-state index contributed by atoms with van der Waals surface area (Å²) in [5, 5.41) is 3.24. The van der Waals surface area contributed by atoms with Crippen LogP contribution in [0.25, 0.3) is 0 Å². The molecule has 2 saturated heterocycles. The number of rotatable bonds is 6. The zero-order valence-electron chi connectivity index (χ0n) is 16.6. The third-order valence-corrected chi connectivity index (χ3v) is 6.08. The Kier molecular flexibility index (Phi) is 5.53. The molecule has 0 aliphatic carbocycles. The highest BCUT2D eigenvalue weighted by atomic mass is 16.5. The van der Waals surface area contributed by atoms with E-state index >= 15 is 0 Å². The molecule has 2 heterocycles. The first kappa shape index (κ1) is 18.8. The number of carbonyl (C=O) groups excluding carboxylic acids is 1. The number of fused-ring (bicyclic) bond motifs is 2. The van der Waals surface area contributed by atoms with Gasteiger partial charge in [0.25, 0.3) is 5.91 Å². The first-order valence-corrected chi connectivity index (χ1v) is 10.0. The predicted molar refractivity (Wildman–Crippen MR) is 109 cm³/mol. The minimum absolute atomic E-state index is 0.116. The molecule has 4 rings (SSSR count). The molecule has 3 atom stereocenters. The van der Waals surface area contributed by atoms with Gasteiger partial charge in [-0.3, -0.25) is 9.69 Å². The molecule has 2 aromatic rings. The molecule has 2 aliphatic heterocycles. The Morgan fingerprint density at radius 3 is 2.14 bits per heavy atom. The Morgan fingerprint density at radius 1 is 0.964 bits per heavy atom. The lowest BCUT2D eigenvalue weighted by atomic mass is 9.96. The van der Waals surface area contributed by atoms with E-state index in [2.05, 4.69) is 40.5 Å². The van der Waals surface area contributed by atoms with Crippen LogP contribution in [0.2, 0.25) is 0 Å². The lowest BCUT2D eigenvalue weighted by molar-refractivity contribution is 0.0823. The Hall–Kier alpha value is -2.53. The third-order valence-electron chi connectivity index (χ3n) is 6.08. The standard InChI is InChI=1S/C23H28N2O3/c1-27-20-9-6-10-21(28-2)22(20)23(26)24-17-13-18-11-12-19(14-17)25(18)15-16-7-4-3-5-8-16/h3-10,17-19H,11-15H2,1-2H3,(H,24,26)/t17?,18-,19+. The van der Waals surface area contributed by atoms with Gasteiger partial charge < -0.3 is 14.8 Å². The largest absolute Gasteiger partial charge is 0.496 e. The van der Waals surface area contributed by atoms with Crippen LogP contribution in [0.15, 0.2) is 48.5 Å². The number of amides is 1. The second kappa shape index (κ2) is 8.23. The van der Waals surface area contributed by atoms with Crippen molar-refractivity contribution in [3.05, 3.63) is 59.7 Å². The van der Waals surface area contributed by atoms with Gasteiger partial charge in [-0.1, -0.05) is 36.4 Å². The number of hydrogen-bond acceptors (Lipinski definition) is 4. The maximum Gasteiger partial charge on any atom is 0.259 e. The van der Waals surface area contributed by atoms with Crippen molar-refractivity contribution in [1.82, 2.24) is 10.2 Å². The summed E-state index contributed by atoms with van der Waals surface area (Å²) in [7, 11) is 3.15. The minimum Gasteiger partial charge on any atom is -0.496 e. The summed E-state index contributed by atoms with van der Waals surface area (Å²) in [4.78, 5) is 15.6. The molecule has 28 heavy (non-hydrogen) atoms. The molecule has 0 radical (unpaired) electrons. The summed E-state index contributed by atoms with van der Waals surface area (Å²) in [5.74, 6) is 0.970. The van der Waals surface area contributed by atoms with Gasteiger partial charge in [-0.15, -0.1) is 0 Å². The van der Waals surface area contributed by atoms with Crippen molar-refractivity contribution in [2.75, 3.05) is 14.2 Å². The van der Waals surface area contributed by atoms with Crippen molar-refractivity contribution in [2.24, 2.45) is 0 Å². The normalized spacial score (nSPS) is 24.0. The lowest BCUT2D eigenvalue weighted by Crippen LogP contribution is -2.50. The van der Waals surface area contributed by atoms with E-state index in [1.807, 2.05) is 6.07 Å². The fraction of sp³-hybridized carbons (Fsp3) is 0.435. The van der Waals surface area contributed by atoms with Crippen LogP contribution >= 0.6 is 0 Å². The zero-order chi connectivity index (χ0) is 19.5. The molecule has 2 aromatic carbocycles. The maximum atomic E-state index is 13.0. The van der Waals surface area contributed by atoms with E-state index in [0.717, 1.165) is 19.4 Å². The minimum atomic E-state index is -0.116. The molecular formula is C23H28N2O3. The zero-order valence-corrected chi connectivity index (χ0v) is 16.6. The maximum absolute atomic E-state index is 13.0. The molecule has 148 valence electrons. The average Bonchev–Trinajstić information content (AvgIpc) is 2.96. The van der Waals surface area contributed by atoms with Crippen molar-refractivity contribution < 1.29 is 14.3 Å². The van der Waals surface area contributed by atoms with Gasteiger partial charge in [-0.05, 0) is 43.4 Å². The first-order valence-electron chi connectivity index (χ1n) is 10.0. The smallest absolute Gasteiger partial charge is 0.259 e. The molecule has 2 bridgehead atoms. The fourth-order valence-corrected chi connectivity index (χ4v) is 4.78. The summed E-state index contributed by atoms with van der Waals surface area (Å²) in [6.07, 6.45) is 4.41. The van der Waals surface area contributed by atoms with Crippen LogP contribution in [-0.4, -0.2) is 43.2 Å². The highest BCUT2D eigenvalue weighted by molar-refractivity contribution is 5.99. The number of methoxy groups -OCH3 is 2. The van der Waals surface area contributed by atoms with E-state index < -0.39 is 0 Å². The van der Waals surface area contributed by atoms with Gasteiger partial charge >= 0.3 is 0 Å². The van der Waals surface area contributed by atoms with E-state index in [4.69, 9.17) is 9.47 Å². The van der Waals surface area contributed by atoms with Crippen LogP contribution in [0.5, 0.6) is 11.5 Å². The predicted octanol–water partition coefficient (Wildman–Crippen LogP) is 3.63. The molecule has 1 amide bonds. The molecule has 2 aliphatic rings. The molecule has 1 N–H and O–H groups in total. The molecule has 0 spiro atoms. The van der Waals surface area contributed by atoms with Gasteiger partial charge in [0, 0.05) is 24.7 Å². The van der Waals surface area contributed by atoms with E-state index in [1.165, 1.54) is 18.4 Å². The van der Waals surface area contributed by atoms with Crippen LogP contribution in [-0.2, 0) is 6.54 Å². The van der Waals surface area contributed by atoms with E-state index in [-0.39, 0.29) is 11.9 Å². The summed E-state index contributed by atoms with van der Waals surface area (Å²) < 4.78 is 10.8. The van der Waals surface area contributed by atoms with Gasteiger partial charge in [0.1, 0.15) is 17.1 Å². The molecule has 5 nitrogen and oxygen atoms in total. The van der Waals surface area contributed by atoms with Crippen LogP contribution in [0.4, 0.5) is 0 Å².